The molecule has 5 heteroatoms. The number of rotatable bonds is 5. The van der Waals surface area contributed by atoms with E-state index in [9.17, 15) is 9.59 Å². The van der Waals surface area contributed by atoms with Crippen molar-refractivity contribution in [1.82, 2.24) is 10.6 Å². The summed E-state index contributed by atoms with van der Waals surface area (Å²) in [6, 6.07) is 7.75. The zero-order chi connectivity index (χ0) is 13.4. The molecule has 18 heavy (non-hydrogen) atoms. The lowest BCUT2D eigenvalue weighted by Gasteiger charge is -2.06. The van der Waals surface area contributed by atoms with Crippen molar-refractivity contribution in [3.63, 3.8) is 0 Å². The zero-order valence-corrected chi connectivity index (χ0v) is 10.7. The summed E-state index contributed by atoms with van der Waals surface area (Å²) >= 11 is 0. The van der Waals surface area contributed by atoms with E-state index in [4.69, 9.17) is 4.74 Å². The number of nitrogens with one attached hydrogen (secondary N) is 2. The molecule has 0 fully saturated rings. The molecular weight excluding hydrogens is 232 g/mol. The van der Waals surface area contributed by atoms with E-state index in [0.717, 1.165) is 11.1 Å². The summed E-state index contributed by atoms with van der Waals surface area (Å²) in [5, 5.41) is 5.02. The monoisotopic (exact) mass is 250 g/mol. The molecule has 98 valence electrons. The van der Waals surface area contributed by atoms with Gasteiger partial charge in [0.25, 0.3) is 0 Å². The highest BCUT2D eigenvalue weighted by molar-refractivity contribution is 6.35. The maximum Gasteiger partial charge on any atom is 0.309 e. The van der Waals surface area contributed by atoms with Gasteiger partial charge in [0.1, 0.15) is 0 Å². The quantitative estimate of drug-likeness (QED) is 0.586. The molecule has 0 aromatic heterocycles. The standard InChI is InChI=1S/C13H18N2O3/c1-10-4-3-5-11(8-10)9-15-13(17)12(16)14-6-7-18-2/h3-5,8H,6-7,9H2,1-2H3,(H,14,16)(H,15,17). The van der Waals surface area contributed by atoms with Crippen LogP contribution in [0.2, 0.25) is 0 Å². The molecule has 0 radical (unpaired) electrons. The van der Waals surface area contributed by atoms with Crippen LogP contribution in [-0.2, 0) is 20.9 Å². The van der Waals surface area contributed by atoms with Gasteiger partial charge in [0.2, 0.25) is 0 Å². The normalized spacial score (nSPS) is 9.89. The Morgan fingerprint density at radius 2 is 1.94 bits per heavy atom. The van der Waals surface area contributed by atoms with Crippen molar-refractivity contribution in [3.8, 4) is 0 Å². The molecule has 0 atom stereocenters. The molecule has 2 N–H and O–H groups in total. The van der Waals surface area contributed by atoms with Crippen LogP contribution in [-0.4, -0.2) is 32.1 Å². The molecule has 1 rings (SSSR count). The fourth-order valence-corrected chi connectivity index (χ4v) is 1.43. The molecule has 2 amide bonds. The first-order valence-corrected chi connectivity index (χ1v) is 5.74. The van der Waals surface area contributed by atoms with Crippen molar-refractivity contribution in [2.24, 2.45) is 0 Å². The third-order valence-electron chi connectivity index (χ3n) is 2.33. The molecule has 1 aromatic rings. The second kappa shape index (κ2) is 7.45. The predicted molar refractivity (Wildman–Crippen MR) is 67.9 cm³/mol. The first kappa shape index (κ1) is 14.2. The third kappa shape index (κ3) is 4.97. The van der Waals surface area contributed by atoms with Crippen molar-refractivity contribution in [1.29, 1.82) is 0 Å². The third-order valence-corrected chi connectivity index (χ3v) is 2.33. The Labute approximate surface area is 107 Å². The van der Waals surface area contributed by atoms with Crippen molar-refractivity contribution in [2.45, 2.75) is 13.5 Å². The van der Waals surface area contributed by atoms with E-state index in [2.05, 4.69) is 10.6 Å². The van der Waals surface area contributed by atoms with E-state index in [-0.39, 0.29) is 0 Å². The average molecular weight is 250 g/mol. The van der Waals surface area contributed by atoms with E-state index >= 15 is 0 Å². The average Bonchev–Trinajstić information content (AvgIpc) is 2.36. The second-order valence-corrected chi connectivity index (χ2v) is 3.92. The highest BCUT2D eigenvalue weighted by Crippen LogP contribution is 2.02. The van der Waals surface area contributed by atoms with Crippen molar-refractivity contribution in [2.75, 3.05) is 20.3 Å². The second-order valence-electron chi connectivity index (χ2n) is 3.92. The van der Waals surface area contributed by atoms with E-state index in [1.165, 1.54) is 7.11 Å². The van der Waals surface area contributed by atoms with Crippen LogP contribution in [0.25, 0.3) is 0 Å². The van der Waals surface area contributed by atoms with Gasteiger partial charge in [0.05, 0.1) is 6.61 Å². The van der Waals surface area contributed by atoms with Gasteiger partial charge in [-0.1, -0.05) is 29.8 Å². The fourth-order valence-electron chi connectivity index (χ4n) is 1.43. The molecule has 0 spiro atoms. The molecule has 0 unspecified atom stereocenters. The minimum atomic E-state index is -0.639. The van der Waals surface area contributed by atoms with Gasteiger partial charge in [-0.15, -0.1) is 0 Å². The number of ether oxygens (including phenoxy) is 1. The molecule has 1 aromatic carbocycles. The van der Waals surface area contributed by atoms with Crippen LogP contribution >= 0.6 is 0 Å². The van der Waals surface area contributed by atoms with Crippen molar-refractivity contribution < 1.29 is 14.3 Å². The number of carbonyl (C=O) groups excluding carboxylic acids is 2. The van der Waals surface area contributed by atoms with Crippen LogP contribution in [0.4, 0.5) is 0 Å². The first-order valence-electron chi connectivity index (χ1n) is 5.74. The Hall–Kier alpha value is -1.88. The Kier molecular flexibility index (Phi) is 5.87. The van der Waals surface area contributed by atoms with Crippen LogP contribution in [0.1, 0.15) is 11.1 Å². The zero-order valence-electron chi connectivity index (χ0n) is 10.7. The number of carbonyl (C=O) groups is 2. The summed E-state index contributed by atoms with van der Waals surface area (Å²) in [6.45, 7) is 3.03. The van der Waals surface area contributed by atoms with Gasteiger partial charge >= 0.3 is 11.8 Å². The van der Waals surface area contributed by atoms with Crippen LogP contribution in [0.15, 0.2) is 24.3 Å². The van der Waals surface area contributed by atoms with Gasteiger partial charge in [-0.2, -0.15) is 0 Å². The largest absolute Gasteiger partial charge is 0.383 e. The van der Waals surface area contributed by atoms with Gasteiger partial charge in [0.15, 0.2) is 0 Å². The lowest BCUT2D eigenvalue weighted by Crippen LogP contribution is -2.40. The summed E-state index contributed by atoms with van der Waals surface area (Å²) in [6.07, 6.45) is 0. The fraction of sp³-hybridized carbons (Fsp3) is 0.385. The minimum Gasteiger partial charge on any atom is -0.383 e. The van der Waals surface area contributed by atoms with E-state index in [0.29, 0.717) is 19.7 Å². The molecular formula is C13H18N2O3. The number of benzene rings is 1. The van der Waals surface area contributed by atoms with E-state index < -0.39 is 11.8 Å². The molecule has 5 nitrogen and oxygen atoms in total. The molecule has 0 heterocycles. The Balaban J connectivity index is 2.34. The number of amides is 2. The first-order chi connectivity index (χ1) is 8.63. The number of hydrogen-bond acceptors (Lipinski definition) is 3. The topological polar surface area (TPSA) is 67.4 Å². The number of methoxy groups -OCH3 is 1. The lowest BCUT2D eigenvalue weighted by molar-refractivity contribution is -0.139. The van der Waals surface area contributed by atoms with Gasteiger partial charge < -0.3 is 15.4 Å². The van der Waals surface area contributed by atoms with Crippen LogP contribution in [0.3, 0.4) is 0 Å². The van der Waals surface area contributed by atoms with Crippen LogP contribution in [0, 0.1) is 6.92 Å². The minimum absolute atomic E-state index is 0.327. The summed E-state index contributed by atoms with van der Waals surface area (Å²) in [4.78, 5) is 22.8. The summed E-state index contributed by atoms with van der Waals surface area (Å²) < 4.78 is 4.77. The smallest absolute Gasteiger partial charge is 0.309 e. The van der Waals surface area contributed by atoms with Gasteiger partial charge in [0, 0.05) is 20.2 Å². The summed E-state index contributed by atoms with van der Waals surface area (Å²) in [5.41, 5.74) is 2.08. The Morgan fingerprint density at radius 1 is 1.22 bits per heavy atom. The van der Waals surface area contributed by atoms with E-state index in [1.54, 1.807) is 0 Å². The SMILES string of the molecule is COCCNC(=O)C(=O)NCc1cccc(C)c1. The number of aryl methyl sites for hydroxylation is 1. The maximum atomic E-state index is 11.4. The Morgan fingerprint density at radius 3 is 2.61 bits per heavy atom. The highest BCUT2D eigenvalue weighted by Gasteiger charge is 2.11. The number of hydrogen-bond donors (Lipinski definition) is 2. The van der Waals surface area contributed by atoms with Gasteiger partial charge in [-0.3, -0.25) is 9.59 Å². The van der Waals surface area contributed by atoms with Gasteiger partial charge in [-0.05, 0) is 12.5 Å². The maximum absolute atomic E-state index is 11.4. The summed E-state index contributed by atoms with van der Waals surface area (Å²) in [7, 11) is 1.53. The molecule has 0 aliphatic rings. The highest BCUT2D eigenvalue weighted by atomic mass is 16.5. The van der Waals surface area contributed by atoms with Crippen LogP contribution in [0.5, 0.6) is 0 Å². The molecule has 0 saturated carbocycles. The lowest BCUT2D eigenvalue weighted by atomic mass is 10.1. The van der Waals surface area contributed by atoms with Crippen molar-refractivity contribution >= 4 is 11.8 Å². The predicted octanol–water partition coefficient (Wildman–Crippen LogP) is 0.374. The molecule has 0 saturated heterocycles. The molecule has 0 aliphatic carbocycles. The summed E-state index contributed by atoms with van der Waals surface area (Å²) in [5.74, 6) is -1.27. The van der Waals surface area contributed by atoms with Gasteiger partial charge in [-0.25, -0.2) is 0 Å². The van der Waals surface area contributed by atoms with Crippen LogP contribution < -0.4 is 10.6 Å². The molecule has 0 aliphatic heterocycles. The Bertz CT molecular complexity index is 418. The molecule has 0 bridgehead atoms. The van der Waals surface area contributed by atoms with E-state index in [1.807, 2.05) is 31.2 Å². The van der Waals surface area contributed by atoms with Crippen molar-refractivity contribution in [3.05, 3.63) is 35.4 Å².